The maximum absolute atomic E-state index is 11.8. The summed E-state index contributed by atoms with van der Waals surface area (Å²) in [6.07, 6.45) is 0.816. The molecule has 4 aromatic rings. The number of benzene rings is 4. The maximum Gasteiger partial charge on any atom is 0.337 e. The van der Waals surface area contributed by atoms with E-state index in [0.29, 0.717) is 5.56 Å². The second kappa shape index (κ2) is 9.23. The normalized spacial score (nSPS) is 11.8. The predicted molar refractivity (Wildman–Crippen MR) is 125 cm³/mol. The van der Waals surface area contributed by atoms with Crippen LogP contribution < -0.4 is 4.74 Å². The third-order valence-corrected chi connectivity index (χ3v) is 5.81. The second-order valence-electron chi connectivity index (χ2n) is 7.47. The molecule has 0 aliphatic heterocycles. The van der Waals surface area contributed by atoms with Crippen LogP contribution in [-0.4, -0.2) is 20.2 Å². The van der Waals surface area contributed by atoms with E-state index in [1.807, 2.05) is 48.5 Å². The minimum atomic E-state index is -0.333. The Morgan fingerprint density at radius 3 is 2.13 bits per heavy atom. The van der Waals surface area contributed by atoms with Crippen LogP contribution in [0.1, 0.15) is 33.0 Å². The van der Waals surface area contributed by atoms with E-state index >= 15 is 0 Å². The molecule has 3 nitrogen and oxygen atoms in total. The Bertz CT molecular complexity index is 1200. The lowest BCUT2D eigenvalue weighted by Gasteiger charge is -2.20. The quantitative estimate of drug-likeness (QED) is 0.321. The van der Waals surface area contributed by atoms with Crippen LogP contribution >= 0.6 is 11.6 Å². The van der Waals surface area contributed by atoms with Crippen molar-refractivity contribution in [3.63, 3.8) is 0 Å². The molecule has 4 rings (SSSR count). The van der Waals surface area contributed by atoms with Gasteiger partial charge in [-0.15, -0.1) is 0 Å². The molecule has 0 aliphatic rings. The molecule has 0 N–H and O–H groups in total. The van der Waals surface area contributed by atoms with Gasteiger partial charge >= 0.3 is 5.97 Å². The number of hydrogen-bond acceptors (Lipinski definition) is 3. The van der Waals surface area contributed by atoms with E-state index in [4.69, 9.17) is 21.1 Å². The lowest BCUT2D eigenvalue weighted by atomic mass is 9.85. The van der Waals surface area contributed by atoms with Crippen LogP contribution in [0.4, 0.5) is 0 Å². The number of ether oxygens (including phenoxy) is 2. The molecule has 1 atom stereocenters. The highest BCUT2D eigenvalue weighted by Crippen LogP contribution is 2.32. The number of esters is 1. The van der Waals surface area contributed by atoms with Crippen LogP contribution in [0.25, 0.3) is 10.8 Å². The molecule has 0 saturated heterocycles. The van der Waals surface area contributed by atoms with Crippen LogP contribution in [0.15, 0.2) is 84.9 Å². The zero-order valence-electron chi connectivity index (χ0n) is 17.5. The van der Waals surface area contributed by atoms with Crippen molar-refractivity contribution in [1.82, 2.24) is 0 Å². The summed E-state index contributed by atoms with van der Waals surface area (Å²) in [5, 5.41) is 3.02. The fraction of sp³-hybridized carbons (Fsp3) is 0.148. The molecule has 0 bridgehead atoms. The number of methoxy groups -OCH3 is 2. The largest absolute Gasteiger partial charge is 0.497 e. The maximum atomic E-state index is 11.8. The zero-order chi connectivity index (χ0) is 21.8. The Morgan fingerprint density at radius 1 is 0.806 bits per heavy atom. The Kier molecular flexibility index (Phi) is 6.24. The summed E-state index contributed by atoms with van der Waals surface area (Å²) in [4.78, 5) is 11.8. The number of rotatable bonds is 6. The van der Waals surface area contributed by atoms with Gasteiger partial charge in [-0.2, -0.15) is 0 Å². The molecular formula is C27H23ClO3. The first kappa shape index (κ1) is 21.0. The van der Waals surface area contributed by atoms with Crippen LogP contribution in [0.3, 0.4) is 0 Å². The van der Waals surface area contributed by atoms with E-state index in [0.717, 1.165) is 33.5 Å². The summed E-state index contributed by atoms with van der Waals surface area (Å²) >= 11 is 6.08. The fourth-order valence-electron chi connectivity index (χ4n) is 3.84. The topological polar surface area (TPSA) is 35.5 Å². The minimum Gasteiger partial charge on any atom is -0.497 e. The van der Waals surface area contributed by atoms with E-state index in [9.17, 15) is 4.79 Å². The number of halogens is 1. The van der Waals surface area contributed by atoms with Crippen LogP contribution in [0, 0.1) is 0 Å². The van der Waals surface area contributed by atoms with Crippen molar-refractivity contribution < 1.29 is 14.3 Å². The van der Waals surface area contributed by atoms with Gasteiger partial charge in [-0.05, 0) is 70.3 Å². The molecule has 156 valence electrons. The molecule has 0 fully saturated rings. The SMILES string of the molecule is COC(=O)c1ccc([C@@H](Cc2ccc(Cl)cc2)c2ccc3cc(OC)ccc3c2)cc1. The monoisotopic (exact) mass is 430 g/mol. The first-order valence-electron chi connectivity index (χ1n) is 10.1. The Morgan fingerprint density at radius 2 is 1.45 bits per heavy atom. The van der Waals surface area contributed by atoms with Crippen molar-refractivity contribution in [3.8, 4) is 5.75 Å². The van der Waals surface area contributed by atoms with E-state index in [1.54, 1.807) is 7.11 Å². The lowest BCUT2D eigenvalue weighted by Crippen LogP contribution is -2.07. The van der Waals surface area contributed by atoms with Gasteiger partial charge in [0.25, 0.3) is 0 Å². The molecule has 4 aromatic carbocycles. The summed E-state index contributed by atoms with van der Waals surface area (Å²) < 4.78 is 10.2. The second-order valence-corrected chi connectivity index (χ2v) is 7.91. The number of fused-ring (bicyclic) bond motifs is 1. The number of carbonyl (C=O) groups excluding carboxylic acids is 1. The molecule has 31 heavy (non-hydrogen) atoms. The van der Waals surface area contributed by atoms with Gasteiger partial charge in [-0.3, -0.25) is 0 Å². The van der Waals surface area contributed by atoms with Crippen molar-refractivity contribution in [3.05, 3.63) is 112 Å². The molecule has 0 radical (unpaired) electrons. The third kappa shape index (κ3) is 4.73. The Labute approximate surface area is 187 Å². The molecule has 4 heteroatoms. The van der Waals surface area contributed by atoms with E-state index in [1.165, 1.54) is 18.2 Å². The van der Waals surface area contributed by atoms with E-state index in [-0.39, 0.29) is 11.9 Å². The summed E-state index contributed by atoms with van der Waals surface area (Å²) in [6.45, 7) is 0. The highest BCUT2D eigenvalue weighted by atomic mass is 35.5. The Hall–Kier alpha value is -3.30. The summed E-state index contributed by atoms with van der Waals surface area (Å²) in [7, 11) is 3.07. The molecule has 0 amide bonds. The van der Waals surface area contributed by atoms with Gasteiger partial charge in [-0.25, -0.2) is 4.79 Å². The highest BCUT2D eigenvalue weighted by molar-refractivity contribution is 6.30. The highest BCUT2D eigenvalue weighted by Gasteiger charge is 2.17. The lowest BCUT2D eigenvalue weighted by molar-refractivity contribution is 0.0600. The molecule has 0 aromatic heterocycles. The van der Waals surface area contributed by atoms with Crippen LogP contribution in [-0.2, 0) is 11.2 Å². The van der Waals surface area contributed by atoms with Crippen molar-refractivity contribution in [1.29, 1.82) is 0 Å². The van der Waals surface area contributed by atoms with Crippen molar-refractivity contribution in [2.24, 2.45) is 0 Å². The number of hydrogen-bond donors (Lipinski definition) is 0. The standard InChI is InChI=1S/C27H23ClO3/c1-30-25-14-11-21-16-23(10-9-22(21)17-25)26(15-18-3-12-24(28)13-4-18)19-5-7-20(8-6-19)27(29)31-2/h3-14,16-17,26H,15H2,1-2H3/t26-/m1/s1. The third-order valence-electron chi connectivity index (χ3n) is 5.56. The van der Waals surface area contributed by atoms with Crippen LogP contribution in [0.5, 0.6) is 5.75 Å². The van der Waals surface area contributed by atoms with Gasteiger partial charge in [0.2, 0.25) is 0 Å². The van der Waals surface area contributed by atoms with Gasteiger partial charge in [0.05, 0.1) is 19.8 Å². The Balaban J connectivity index is 1.75. The fourth-order valence-corrected chi connectivity index (χ4v) is 3.97. The average molecular weight is 431 g/mol. The smallest absolute Gasteiger partial charge is 0.337 e. The van der Waals surface area contributed by atoms with Gasteiger partial charge < -0.3 is 9.47 Å². The van der Waals surface area contributed by atoms with E-state index < -0.39 is 0 Å². The van der Waals surface area contributed by atoms with Gasteiger partial charge in [0, 0.05) is 10.9 Å². The minimum absolute atomic E-state index is 0.124. The van der Waals surface area contributed by atoms with Crippen molar-refractivity contribution >= 4 is 28.3 Å². The molecular weight excluding hydrogens is 408 g/mol. The van der Waals surface area contributed by atoms with E-state index in [2.05, 4.69) is 36.4 Å². The summed E-state index contributed by atoms with van der Waals surface area (Å²) in [5.74, 6) is 0.635. The summed E-state index contributed by atoms with van der Waals surface area (Å²) in [6, 6.07) is 28.2. The number of carbonyl (C=O) groups is 1. The molecule has 0 spiro atoms. The van der Waals surface area contributed by atoms with Gasteiger partial charge in [-0.1, -0.05) is 60.1 Å². The summed E-state index contributed by atoms with van der Waals surface area (Å²) in [5.41, 5.74) is 4.08. The van der Waals surface area contributed by atoms with Crippen molar-refractivity contribution in [2.45, 2.75) is 12.3 Å². The predicted octanol–water partition coefficient (Wildman–Crippen LogP) is 6.66. The van der Waals surface area contributed by atoms with Gasteiger partial charge in [0.15, 0.2) is 0 Å². The van der Waals surface area contributed by atoms with Crippen molar-refractivity contribution in [2.75, 3.05) is 14.2 Å². The van der Waals surface area contributed by atoms with Crippen LogP contribution in [0.2, 0.25) is 5.02 Å². The zero-order valence-corrected chi connectivity index (χ0v) is 18.2. The first-order valence-corrected chi connectivity index (χ1v) is 10.5. The molecule has 0 unspecified atom stereocenters. The molecule has 0 saturated carbocycles. The molecule has 0 aliphatic carbocycles. The average Bonchev–Trinajstić information content (AvgIpc) is 2.82. The molecule has 0 heterocycles. The van der Waals surface area contributed by atoms with Gasteiger partial charge in [0.1, 0.15) is 5.75 Å². The first-order chi connectivity index (χ1) is 15.1.